The fourth-order valence-corrected chi connectivity index (χ4v) is 1.64. The van der Waals surface area contributed by atoms with E-state index in [4.69, 9.17) is 4.74 Å². The Hall–Kier alpha value is -2.10. The molecular formula is C13H12FNO2. The molecule has 0 unspecified atom stereocenters. The number of H-pyrrole nitrogens is 1. The first-order valence-electron chi connectivity index (χ1n) is 5.33. The third kappa shape index (κ3) is 2.36. The van der Waals surface area contributed by atoms with Gasteiger partial charge in [-0.15, -0.1) is 0 Å². The van der Waals surface area contributed by atoms with Gasteiger partial charge in [-0.2, -0.15) is 0 Å². The number of carbonyl (C=O) groups excluding carboxylic acids is 1. The average molecular weight is 233 g/mol. The fourth-order valence-electron chi connectivity index (χ4n) is 1.64. The van der Waals surface area contributed by atoms with Crippen molar-refractivity contribution < 1.29 is 13.9 Å². The summed E-state index contributed by atoms with van der Waals surface area (Å²) >= 11 is 0. The van der Waals surface area contributed by atoms with Gasteiger partial charge in [-0.3, -0.25) is 0 Å². The van der Waals surface area contributed by atoms with Gasteiger partial charge >= 0.3 is 5.97 Å². The van der Waals surface area contributed by atoms with Crippen molar-refractivity contribution in [1.29, 1.82) is 0 Å². The number of carbonyl (C=O) groups is 1. The summed E-state index contributed by atoms with van der Waals surface area (Å²) in [6, 6.07) is 7.81. The fraction of sp³-hybridized carbons (Fsp3) is 0.154. The van der Waals surface area contributed by atoms with Crippen molar-refractivity contribution in [3.63, 3.8) is 0 Å². The van der Waals surface area contributed by atoms with Crippen LogP contribution in [0.1, 0.15) is 17.4 Å². The van der Waals surface area contributed by atoms with Crippen LogP contribution in [0.2, 0.25) is 0 Å². The minimum Gasteiger partial charge on any atom is -0.461 e. The summed E-state index contributed by atoms with van der Waals surface area (Å²) in [4.78, 5) is 14.4. The Bertz CT molecular complexity index is 534. The first kappa shape index (κ1) is 11.4. The Kier molecular flexibility index (Phi) is 3.23. The number of esters is 1. The molecule has 4 heteroatoms. The van der Waals surface area contributed by atoms with Gasteiger partial charge in [-0.05, 0) is 30.7 Å². The Morgan fingerprint density at radius 2 is 2.24 bits per heavy atom. The van der Waals surface area contributed by atoms with E-state index in [2.05, 4.69) is 4.98 Å². The Balaban J connectivity index is 2.40. The molecule has 0 aliphatic rings. The SMILES string of the molecule is CCOC(=O)c1[nH]ccc1-c1cccc(F)c1. The van der Waals surface area contributed by atoms with E-state index in [9.17, 15) is 9.18 Å². The van der Waals surface area contributed by atoms with Gasteiger partial charge in [0.15, 0.2) is 0 Å². The average Bonchev–Trinajstić information content (AvgIpc) is 2.78. The van der Waals surface area contributed by atoms with Gasteiger partial charge in [0.25, 0.3) is 0 Å². The number of benzene rings is 1. The summed E-state index contributed by atoms with van der Waals surface area (Å²) in [6.45, 7) is 2.04. The highest BCUT2D eigenvalue weighted by Crippen LogP contribution is 2.24. The number of rotatable bonds is 3. The zero-order valence-corrected chi connectivity index (χ0v) is 9.37. The van der Waals surface area contributed by atoms with Gasteiger partial charge in [-0.1, -0.05) is 12.1 Å². The van der Waals surface area contributed by atoms with Gasteiger partial charge in [0, 0.05) is 11.8 Å². The molecule has 0 aliphatic carbocycles. The van der Waals surface area contributed by atoms with Crippen molar-refractivity contribution in [2.45, 2.75) is 6.92 Å². The first-order valence-corrected chi connectivity index (χ1v) is 5.33. The van der Waals surface area contributed by atoms with Crippen LogP contribution in [0.15, 0.2) is 36.5 Å². The third-order valence-electron chi connectivity index (χ3n) is 2.36. The van der Waals surface area contributed by atoms with Crippen LogP contribution < -0.4 is 0 Å². The number of aromatic nitrogens is 1. The van der Waals surface area contributed by atoms with Crippen LogP contribution in [-0.2, 0) is 4.74 Å². The van der Waals surface area contributed by atoms with Crippen LogP contribution in [0.3, 0.4) is 0 Å². The maximum atomic E-state index is 13.1. The topological polar surface area (TPSA) is 42.1 Å². The van der Waals surface area contributed by atoms with E-state index in [1.165, 1.54) is 12.1 Å². The lowest BCUT2D eigenvalue weighted by atomic mass is 10.1. The van der Waals surface area contributed by atoms with E-state index in [0.717, 1.165) is 0 Å². The number of ether oxygens (including phenoxy) is 1. The zero-order chi connectivity index (χ0) is 12.3. The Morgan fingerprint density at radius 3 is 2.94 bits per heavy atom. The standard InChI is InChI=1S/C13H12FNO2/c1-2-17-13(16)12-11(6-7-15-12)9-4-3-5-10(14)8-9/h3-8,15H,2H2,1H3. The smallest absolute Gasteiger partial charge is 0.355 e. The molecular weight excluding hydrogens is 221 g/mol. The molecule has 1 aromatic heterocycles. The number of hydrogen-bond acceptors (Lipinski definition) is 2. The van der Waals surface area contributed by atoms with Crippen LogP contribution in [0, 0.1) is 5.82 Å². The molecule has 0 aliphatic heterocycles. The number of aromatic amines is 1. The number of nitrogens with one attached hydrogen (secondary N) is 1. The van der Waals surface area contributed by atoms with Crippen LogP contribution >= 0.6 is 0 Å². The van der Waals surface area contributed by atoms with E-state index >= 15 is 0 Å². The first-order chi connectivity index (χ1) is 8.22. The summed E-state index contributed by atoms with van der Waals surface area (Å²) in [5.74, 6) is -0.768. The van der Waals surface area contributed by atoms with E-state index < -0.39 is 5.97 Å². The van der Waals surface area contributed by atoms with Crippen LogP contribution in [0.4, 0.5) is 4.39 Å². The second kappa shape index (κ2) is 4.82. The molecule has 0 bridgehead atoms. The van der Waals surface area contributed by atoms with Crippen molar-refractivity contribution in [3.05, 3.63) is 48.0 Å². The van der Waals surface area contributed by atoms with Crippen molar-refractivity contribution >= 4 is 5.97 Å². The lowest BCUT2D eigenvalue weighted by molar-refractivity contribution is 0.0521. The normalized spacial score (nSPS) is 10.2. The summed E-state index contributed by atoms with van der Waals surface area (Å²) in [6.07, 6.45) is 1.63. The highest BCUT2D eigenvalue weighted by atomic mass is 19.1. The Labute approximate surface area is 98.2 Å². The lowest BCUT2D eigenvalue weighted by Gasteiger charge is -2.04. The molecule has 17 heavy (non-hydrogen) atoms. The van der Waals surface area contributed by atoms with E-state index in [0.29, 0.717) is 23.4 Å². The molecule has 0 saturated carbocycles. The van der Waals surface area contributed by atoms with E-state index in [1.54, 1.807) is 31.3 Å². The van der Waals surface area contributed by atoms with E-state index in [-0.39, 0.29) is 5.82 Å². The highest BCUT2D eigenvalue weighted by molar-refractivity contribution is 5.95. The lowest BCUT2D eigenvalue weighted by Crippen LogP contribution is -2.06. The number of halogens is 1. The van der Waals surface area contributed by atoms with Crippen molar-refractivity contribution in [2.24, 2.45) is 0 Å². The predicted octanol–water partition coefficient (Wildman–Crippen LogP) is 3.00. The van der Waals surface area contributed by atoms with Gasteiger partial charge in [0.2, 0.25) is 0 Å². The van der Waals surface area contributed by atoms with Crippen LogP contribution in [0.25, 0.3) is 11.1 Å². The molecule has 0 radical (unpaired) electrons. The summed E-state index contributed by atoms with van der Waals surface area (Å²) in [5.41, 5.74) is 1.63. The summed E-state index contributed by atoms with van der Waals surface area (Å²) in [7, 11) is 0. The molecule has 1 heterocycles. The molecule has 0 fully saturated rings. The quantitative estimate of drug-likeness (QED) is 0.828. The van der Waals surface area contributed by atoms with Crippen molar-refractivity contribution in [3.8, 4) is 11.1 Å². The van der Waals surface area contributed by atoms with Gasteiger partial charge in [0.1, 0.15) is 11.5 Å². The molecule has 1 N–H and O–H groups in total. The second-order valence-electron chi connectivity index (χ2n) is 3.50. The van der Waals surface area contributed by atoms with Crippen molar-refractivity contribution in [1.82, 2.24) is 4.98 Å². The molecule has 1 aromatic carbocycles. The van der Waals surface area contributed by atoms with Crippen molar-refractivity contribution in [2.75, 3.05) is 6.61 Å². The zero-order valence-electron chi connectivity index (χ0n) is 9.37. The van der Waals surface area contributed by atoms with Gasteiger partial charge < -0.3 is 9.72 Å². The Morgan fingerprint density at radius 1 is 1.41 bits per heavy atom. The molecule has 88 valence electrons. The van der Waals surface area contributed by atoms with E-state index in [1.807, 2.05) is 0 Å². The molecule has 0 amide bonds. The molecule has 0 atom stereocenters. The van der Waals surface area contributed by atoms with Gasteiger partial charge in [-0.25, -0.2) is 9.18 Å². The third-order valence-corrected chi connectivity index (χ3v) is 2.36. The minimum absolute atomic E-state index is 0.306. The van der Waals surface area contributed by atoms with Crippen LogP contribution in [0.5, 0.6) is 0 Å². The van der Waals surface area contributed by atoms with Crippen LogP contribution in [-0.4, -0.2) is 17.6 Å². The maximum Gasteiger partial charge on any atom is 0.355 e. The number of hydrogen-bond donors (Lipinski definition) is 1. The van der Waals surface area contributed by atoms with Gasteiger partial charge in [0.05, 0.1) is 6.61 Å². The highest BCUT2D eigenvalue weighted by Gasteiger charge is 2.15. The molecule has 0 saturated heterocycles. The largest absolute Gasteiger partial charge is 0.461 e. The monoisotopic (exact) mass is 233 g/mol. The predicted molar refractivity (Wildman–Crippen MR) is 62.1 cm³/mol. The molecule has 0 spiro atoms. The molecule has 3 nitrogen and oxygen atoms in total. The maximum absolute atomic E-state index is 13.1. The summed E-state index contributed by atoms with van der Waals surface area (Å²) < 4.78 is 18.0. The second-order valence-corrected chi connectivity index (χ2v) is 3.50. The summed E-state index contributed by atoms with van der Waals surface area (Å²) in [5, 5.41) is 0. The molecule has 2 aromatic rings. The molecule has 2 rings (SSSR count). The minimum atomic E-state index is -0.434.